The maximum atomic E-state index is 13.3. The lowest BCUT2D eigenvalue weighted by atomic mass is 10.0. The molecule has 1 unspecified atom stereocenters. The standard InChI is InChI=1S/C23H35FN4/c1-18(2)13-28-17-25-12-22(28)15-26-10-5-11-27(23(16-26)19(3)4)14-20-6-8-21(24)9-7-20/h6-9,12,17-19,23H,5,10-11,13-16H2,1-4H3. The Morgan fingerprint density at radius 3 is 2.50 bits per heavy atom. The van der Waals surface area contributed by atoms with Gasteiger partial charge in [0.05, 0.1) is 12.0 Å². The molecule has 1 aliphatic heterocycles. The fraction of sp³-hybridized carbons (Fsp3) is 0.609. The van der Waals surface area contributed by atoms with Gasteiger partial charge in [-0.1, -0.05) is 39.8 Å². The molecule has 1 aromatic carbocycles. The third-order valence-electron chi connectivity index (χ3n) is 5.65. The molecule has 0 bridgehead atoms. The highest BCUT2D eigenvalue weighted by Crippen LogP contribution is 2.21. The Morgan fingerprint density at radius 1 is 1.07 bits per heavy atom. The summed E-state index contributed by atoms with van der Waals surface area (Å²) >= 11 is 0. The summed E-state index contributed by atoms with van der Waals surface area (Å²) < 4.78 is 15.6. The van der Waals surface area contributed by atoms with Gasteiger partial charge in [-0.2, -0.15) is 0 Å². The molecule has 1 aliphatic rings. The van der Waals surface area contributed by atoms with E-state index in [0.717, 1.165) is 45.7 Å². The van der Waals surface area contributed by atoms with Gasteiger partial charge in [0.25, 0.3) is 0 Å². The average molecular weight is 387 g/mol. The number of nitrogens with zero attached hydrogens (tertiary/aromatic N) is 4. The molecule has 0 spiro atoms. The minimum absolute atomic E-state index is 0.163. The molecular formula is C23H35FN4. The van der Waals surface area contributed by atoms with Crippen LogP contribution in [-0.2, 0) is 19.6 Å². The summed E-state index contributed by atoms with van der Waals surface area (Å²) in [5.41, 5.74) is 2.50. The highest BCUT2D eigenvalue weighted by Gasteiger charge is 2.27. The van der Waals surface area contributed by atoms with Gasteiger partial charge >= 0.3 is 0 Å². The number of hydrogen-bond donors (Lipinski definition) is 0. The molecule has 3 rings (SSSR count). The maximum absolute atomic E-state index is 13.3. The van der Waals surface area contributed by atoms with Crippen LogP contribution >= 0.6 is 0 Å². The van der Waals surface area contributed by atoms with E-state index in [4.69, 9.17) is 0 Å². The van der Waals surface area contributed by atoms with E-state index in [-0.39, 0.29) is 5.82 Å². The number of hydrogen-bond acceptors (Lipinski definition) is 3. The molecule has 0 radical (unpaired) electrons. The van der Waals surface area contributed by atoms with E-state index in [1.54, 1.807) is 12.1 Å². The van der Waals surface area contributed by atoms with Crippen LogP contribution in [0.25, 0.3) is 0 Å². The number of aromatic nitrogens is 2. The van der Waals surface area contributed by atoms with Crippen LogP contribution < -0.4 is 0 Å². The Bertz CT molecular complexity index is 722. The van der Waals surface area contributed by atoms with Crippen molar-refractivity contribution in [3.05, 3.63) is 53.9 Å². The molecule has 4 nitrogen and oxygen atoms in total. The van der Waals surface area contributed by atoms with Crippen LogP contribution in [0, 0.1) is 17.7 Å². The van der Waals surface area contributed by atoms with E-state index in [1.165, 1.54) is 11.3 Å². The summed E-state index contributed by atoms with van der Waals surface area (Å²) in [4.78, 5) is 9.56. The lowest BCUT2D eigenvalue weighted by molar-refractivity contribution is 0.129. The second kappa shape index (κ2) is 9.66. The van der Waals surface area contributed by atoms with Gasteiger partial charge in [-0.25, -0.2) is 9.37 Å². The van der Waals surface area contributed by atoms with Crippen molar-refractivity contribution in [1.29, 1.82) is 0 Å². The quantitative estimate of drug-likeness (QED) is 0.704. The highest BCUT2D eigenvalue weighted by molar-refractivity contribution is 5.16. The van der Waals surface area contributed by atoms with Crippen LogP contribution in [0.4, 0.5) is 4.39 Å². The van der Waals surface area contributed by atoms with Crippen molar-refractivity contribution in [3.8, 4) is 0 Å². The van der Waals surface area contributed by atoms with Gasteiger partial charge in [-0.05, 0) is 42.5 Å². The fourth-order valence-corrected chi connectivity index (χ4v) is 4.20. The van der Waals surface area contributed by atoms with Crippen molar-refractivity contribution in [2.75, 3.05) is 19.6 Å². The molecule has 2 aromatic rings. The van der Waals surface area contributed by atoms with E-state index >= 15 is 0 Å². The normalized spacial score (nSPS) is 19.5. The third kappa shape index (κ3) is 5.65. The number of imidazole rings is 1. The Kier molecular flexibility index (Phi) is 7.24. The average Bonchev–Trinajstić information content (AvgIpc) is 2.95. The SMILES string of the molecule is CC(C)Cn1cncc1CN1CCCN(Cc2ccc(F)cc2)C(C(C)C)C1. The summed E-state index contributed by atoms with van der Waals surface area (Å²) in [7, 11) is 0. The summed E-state index contributed by atoms with van der Waals surface area (Å²) in [5, 5.41) is 0. The Balaban J connectivity index is 1.68. The molecule has 1 atom stereocenters. The molecule has 2 heterocycles. The summed E-state index contributed by atoms with van der Waals surface area (Å²) in [6.45, 7) is 15.2. The zero-order chi connectivity index (χ0) is 20.1. The Labute approximate surface area is 169 Å². The smallest absolute Gasteiger partial charge is 0.123 e. The Morgan fingerprint density at radius 2 is 1.82 bits per heavy atom. The minimum atomic E-state index is -0.163. The molecule has 0 aliphatic carbocycles. The number of benzene rings is 1. The van der Waals surface area contributed by atoms with Crippen molar-refractivity contribution < 1.29 is 4.39 Å². The molecule has 0 N–H and O–H groups in total. The molecule has 5 heteroatoms. The molecule has 154 valence electrons. The summed E-state index contributed by atoms with van der Waals surface area (Å²) in [6, 6.07) is 7.47. The van der Waals surface area contributed by atoms with Gasteiger partial charge in [-0.15, -0.1) is 0 Å². The first kappa shape index (κ1) is 21.0. The highest BCUT2D eigenvalue weighted by atomic mass is 19.1. The first-order valence-corrected chi connectivity index (χ1v) is 10.6. The van der Waals surface area contributed by atoms with Crippen LogP contribution in [0.5, 0.6) is 0 Å². The lowest BCUT2D eigenvalue weighted by Gasteiger charge is -2.34. The van der Waals surface area contributed by atoms with Crippen LogP contribution in [0.15, 0.2) is 36.8 Å². The van der Waals surface area contributed by atoms with Gasteiger partial charge in [0.15, 0.2) is 0 Å². The zero-order valence-electron chi connectivity index (χ0n) is 17.8. The second-order valence-corrected chi connectivity index (χ2v) is 8.93. The van der Waals surface area contributed by atoms with Crippen LogP contribution in [0.3, 0.4) is 0 Å². The van der Waals surface area contributed by atoms with Crippen LogP contribution in [-0.4, -0.2) is 45.0 Å². The van der Waals surface area contributed by atoms with Crippen molar-refractivity contribution in [3.63, 3.8) is 0 Å². The lowest BCUT2D eigenvalue weighted by Crippen LogP contribution is -2.44. The predicted octanol–water partition coefficient (Wildman–Crippen LogP) is 4.41. The fourth-order valence-electron chi connectivity index (χ4n) is 4.20. The minimum Gasteiger partial charge on any atom is -0.333 e. The van der Waals surface area contributed by atoms with Crippen molar-refractivity contribution >= 4 is 0 Å². The van der Waals surface area contributed by atoms with Crippen molar-refractivity contribution in [2.24, 2.45) is 11.8 Å². The van der Waals surface area contributed by atoms with E-state index in [9.17, 15) is 4.39 Å². The zero-order valence-corrected chi connectivity index (χ0v) is 17.8. The first-order valence-electron chi connectivity index (χ1n) is 10.6. The molecule has 1 fully saturated rings. The molecule has 28 heavy (non-hydrogen) atoms. The van der Waals surface area contributed by atoms with Gasteiger partial charge < -0.3 is 4.57 Å². The van der Waals surface area contributed by atoms with E-state index in [0.29, 0.717) is 17.9 Å². The van der Waals surface area contributed by atoms with Gasteiger partial charge in [0.2, 0.25) is 0 Å². The van der Waals surface area contributed by atoms with E-state index in [1.807, 2.05) is 24.7 Å². The molecule has 1 aromatic heterocycles. The topological polar surface area (TPSA) is 24.3 Å². The summed E-state index contributed by atoms with van der Waals surface area (Å²) in [5.74, 6) is 1.03. The molecule has 1 saturated heterocycles. The second-order valence-electron chi connectivity index (χ2n) is 8.93. The van der Waals surface area contributed by atoms with Crippen molar-refractivity contribution in [1.82, 2.24) is 19.4 Å². The maximum Gasteiger partial charge on any atom is 0.123 e. The number of rotatable bonds is 7. The van der Waals surface area contributed by atoms with Crippen LogP contribution in [0.1, 0.15) is 45.4 Å². The van der Waals surface area contributed by atoms with E-state index in [2.05, 4.69) is 47.0 Å². The van der Waals surface area contributed by atoms with Gasteiger partial charge in [0, 0.05) is 45.0 Å². The molecular weight excluding hydrogens is 351 g/mol. The largest absolute Gasteiger partial charge is 0.333 e. The van der Waals surface area contributed by atoms with Crippen LogP contribution in [0.2, 0.25) is 0 Å². The predicted molar refractivity (Wildman–Crippen MR) is 112 cm³/mol. The van der Waals surface area contributed by atoms with E-state index < -0.39 is 0 Å². The van der Waals surface area contributed by atoms with Crippen molar-refractivity contribution in [2.45, 2.75) is 59.8 Å². The van der Waals surface area contributed by atoms with Gasteiger partial charge in [0.1, 0.15) is 5.82 Å². The molecule has 0 amide bonds. The summed E-state index contributed by atoms with van der Waals surface area (Å²) in [6.07, 6.45) is 5.14. The molecule has 0 saturated carbocycles. The Hall–Kier alpha value is -1.72. The number of halogens is 1. The monoisotopic (exact) mass is 386 g/mol. The first-order chi connectivity index (χ1) is 13.4. The third-order valence-corrected chi connectivity index (χ3v) is 5.65. The van der Waals surface area contributed by atoms with Gasteiger partial charge in [-0.3, -0.25) is 9.80 Å².